The van der Waals surface area contributed by atoms with Crippen molar-refractivity contribution >= 4 is 5.97 Å². The lowest BCUT2D eigenvalue weighted by molar-refractivity contribution is 0.0569. The zero-order chi connectivity index (χ0) is 14.1. The molecule has 4 heteroatoms. The van der Waals surface area contributed by atoms with Crippen LogP contribution >= 0.6 is 0 Å². The van der Waals surface area contributed by atoms with Gasteiger partial charge in [0.05, 0.1) is 5.56 Å². The highest BCUT2D eigenvalue weighted by molar-refractivity contribution is 5.87. The second-order valence-electron chi connectivity index (χ2n) is 4.56. The zero-order valence-corrected chi connectivity index (χ0v) is 11.3. The standard InChI is InChI=1S/C15H21FO3/c1-2-3-4-5-6-7-14(16)19-13-10-8-12(9-11-13)15(17)18/h8-11,14H,2-7H2,1H3,(H,17,18). The molecule has 1 aromatic rings. The summed E-state index contributed by atoms with van der Waals surface area (Å²) in [5, 5.41) is 8.73. The first-order chi connectivity index (χ1) is 9.13. The highest BCUT2D eigenvalue weighted by atomic mass is 19.1. The Balaban J connectivity index is 2.27. The largest absolute Gasteiger partial charge is 0.478 e. The van der Waals surface area contributed by atoms with Crippen molar-refractivity contribution in [1.82, 2.24) is 0 Å². The van der Waals surface area contributed by atoms with E-state index in [0.29, 0.717) is 12.2 Å². The molecule has 0 saturated heterocycles. The van der Waals surface area contributed by atoms with Gasteiger partial charge in [0.2, 0.25) is 6.36 Å². The summed E-state index contributed by atoms with van der Waals surface area (Å²) in [6.07, 6.45) is 4.39. The van der Waals surface area contributed by atoms with E-state index in [4.69, 9.17) is 9.84 Å². The Morgan fingerprint density at radius 3 is 2.42 bits per heavy atom. The second-order valence-corrected chi connectivity index (χ2v) is 4.56. The van der Waals surface area contributed by atoms with Crippen molar-refractivity contribution in [2.24, 2.45) is 0 Å². The zero-order valence-electron chi connectivity index (χ0n) is 11.3. The number of carboxylic acid groups (broad SMARTS) is 1. The molecule has 0 aromatic heterocycles. The van der Waals surface area contributed by atoms with Gasteiger partial charge in [-0.3, -0.25) is 0 Å². The Morgan fingerprint density at radius 2 is 1.84 bits per heavy atom. The summed E-state index contributed by atoms with van der Waals surface area (Å²) in [5.74, 6) is -0.634. The summed E-state index contributed by atoms with van der Waals surface area (Å²) < 4.78 is 18.6. The van der Waals surface area contributed by atoms with Crippen LogP contribution in [0, 0.1) is 0 Å². The molecule has 1 atom stereocenters. The van der Waals surface area contributed by atoms with E-state index in [2.05, 4.69) is 6.92 Å². The van der Waals surface area contributed by atoms with Crippen LogP contribution in [0.2, 0.25) is 0 Å². The number of carboxylic acids is 1. The predicted octanol–water partition coefficient (Wildman–Crippen LogP) is 4.42. The first kappa shape index (κ1) is 15.5. The average molecular weight is 268 g/mol. The maximum absolute atomic E-state index is 13.5. The minimum Gasteiger partial charge on any atom is -0.478 e. The Bertz CT molecular complexity index is 375. The van der Waals surface area contributed by atoms with E-state index in [-0.39, 0.29) is 5.56 Å². The van der Waals surface area contributed by atoms with Gasteiger partial charge in [-0.05, 0) is 30.7 Å². The third kappa shape index (κ3) is 6.22. The molecule has 0 aliphatic carbocycles. The van der Waals surface area contributed by atoms with E-state index in [0.717, 1.165) is 19.3 Å². The van der Waals surface area contributed by atoms with Crippen molar-refractivity contribution in [2.75, 3.05) is 0 Å². The van der Waals surface area contributed by atoms with E-state index in [9.17, 15) is 9.18 Å². The molecule has 1 aromatic carbocycles. The molecule has 0 saturated carbocycles. The molecule has 0 bridgehead atoms. The summed E-state index contributed by atoms with van der Waals surface area (Å²) >= 11 is 0. The molecule has 0 aliphatic rings. The Morgan fingerprint density at radius 1 is 1.21 bits per heavy atom. The number of hydrogen-bond donors (Lipinski definition) is 1. The monoisotopic (exact) mass is 268 g/mol. The number of halogens is 1. The lowest BCUT2D eigenvalue weighted by Gasteiger charge is -2.11. The first-order valence-electron chi connectivity index (χ1n) is 6.77. The molecule has 0 fully saturated rings. The maximum atomic E-state index is 13.5. The molecule has 106 valence electrons. The summed E-state index contributed by atoms with van der Waals surface area (Å²) in [6, 6.07) is 5.78. The van der Waals surface area contributed by atoms with Gasteiger partial charge >= 0.3 is 5.97 Å². The fourth-order valence-electron chi connectivity index (χ4n) is 1.79. The average Bonchev–Trinajstić information content (AvgIpc) is 2.39. The summed E-state index contributed by atoms with van der Waals surface area (Å²) in [7, 11) is 0. The van der Waals surface area contributed by atoms with Crippen LogP contribution < -0.4 is 4.74 Å². The van der Waals surface area contributed by atoms with Gasteiger partial charge in [0.1, 0.15) is 5.75 Å². The number of rotatable bonds is 9. The van der Waals surface area contributed by atoms with Gasteiger partial charge in [0.25, 0.3) is 0 Å². The number of ether oxygens (including phenoxy) is 1. The molecule has 0 radical (unpaired) electrons. The molecule has 1 N–H and O–H groups in total. The number of hydrogen-bond acceptors (Lipinski definition) is 2. The lowest BCUT2D eigenvalue weighted by Crippen LogP contribution is -2.10. The highest BCUT2D eigenvalue weighted by Gasteiger charge is 2.08. The van der Waals surface area contributed by atoms with Crippen LogP contribution in [-0.2, 0) is 0 Å². The van der Waals surface area contributed by atoms with Gasteiger partial charge < -0.3 is 9.84 Å². The number of carbonyl (C=O) groups is 1. The fourth-order valence-corrected chi connectivity index (χ4v) is 1.79. The Hall–Kier alpha value is -1.58. The Kier molecular flexibility index (Phi) is 6.93. The van der Waals surface area contributed by atoms with E-state index in [1.165, 1.54) is 37.1 Å². The SMILES string of the molecule is CCCCCCCC(F)Oc1ccc(C(=O)O)cc1. The van der Waals surface area contributed by atoms with Crippen molar-refractivity contribution in [3.63, 3.8) is 0 Å². The Labute approximate surface area is 113 Å². The predicted molar refractivity (Wildman–Crippen MR) is 72.3 cm³/mol. The van der Waals surface area contributed by atoms with Crippen molar-refractivity contribution in [3.05, 3.63) is 29.8 Å². The molecule has 3 nitrogen and oxygen atoms in total. The maximum Gasteiger partial charge on any atom is 0.335 e. The smallest absolute Gasteiger partial charge is 0.335 e. The summed E-state index contributed by atoms with van der Waals surface area (Å²) in [4.78, 5) is 10.6. The van der Waals surface area contributed by atoms with Crippen LogP contribution in [0.25, 0.3) is 0 Å². The van der Waals surface area contributed by atoms with Crippen molar-refractivity contribution in [3.8, 4) is 5.75 Å². The van der Waals surface area contributed by atoms with E-state index >= 15 is 0 Å². The molecule has 1 unspecified atom stereocenters. The van der Waals surface area contributed by atoms with Crippen LogP contribution in [0.3, 0.4) is 0 Å². The number of benzene rings is 1. The summed E-state index contributed by atoms with van der Waals surface area (Å²) in [5.41, 5.74) is 0.169. The highest BCUT2D eigenvalue weighted by Crippen LogP contribution is 2.17. The lowest BCUT2D eigenvalue weighted by atomic mass is 10.1. The molecular formula is C15H21FO3. The third-order valence-corrected chi connectivity index (χ3v) is 2.90. The van der Waals surface area contributed by atoms with Crippen LogP contribution in [0.5, 0.6) is 5.75 Å². The van der Waals surface area contributed by atoms with Crippen molar-refractivity contribution < 1.29 is 19.0 Å². The minimum absolute atomic E-state index is 0.169. The van der Waals surface area contributed by atoms with Crippen molar-refractivity contribution in [1.29, 1.82) is 0 Å². The van der Waals surface area contributed by atoms with Gasteiger partial charge in [-0.2, -0.15) is 0 Å². The van der Waals surface area contributed by atoms with Crippen LogP contribution in [-0.4, -0.2) is 17.4 Å². The molecule has 19 heavy (non-hydrogen) atoms. The fraction of sp³-hybridized carbons (Fsp3) is 0.533. The molecule has 0 spiro atoms. The van der Waals surface area contributed by atoms with Gasteiger partial charge in [0, 0.05) is 6.42 Å². The second kappa shape index (κ2) is 8.51. The normalized spacial score (nSPS) is 12.1. The number of unbranched alkanes of at least 4 members (excludes halogenated alkanes) is 4. The van der Waals surface area contributed by atoms with Crippen molar-refractivity contribution in [2.45, 2.75) is 51.8 Å². The van der Waals surface area contributed by atoms with Gasteiger partial charge in [0.15, 0.2) is 0 Å². The van der Waals surface area contributed by atoms with E-state index < -0.39 is 12.3 Å². The number of aromatic carboxylic acids is 1. The molecule has 0 amide bonds. The number of alkyl halides is 1. The molecule has 0 aliphatic heterocycles. The summed E-state index contributed by atoms with van der Waals surface area (Å²) in [6.45, 7) is 2.14. The van der Waals surface area contributed by atoms with Gasteiger partial charge in [-0.15, -0.1) is 0 Å². The molecular weight excluding hydrogens is 247 g/mol. The van der Waals surface area contributed by atoms with E-state index in [1.54, 1.807) is 0 Å². The molecule has 1 rings (SSSR count). The van der Waals surface area contributed by atoms with Crippen LogP contribution in [0.1, 0.15) is 55.8 Å². The minimum atomic E-state index is -1.32. The van der Waals surface area contributed by atoms with Crippen LogP contribution in [0.15, 0.2) is 24.3 Å². The van der Waals surface area contributed by atoms with Gasteiger partial charge in [-0.1, -0.05) is 32.6 Å². The third-order valence-electron chi connectivity index (χ3n) is 2.90. The van der Waals surface area contributed by atoms with Crippen LogP contribution in [0.4, 0.5) is 4.39 Å². The van der Waals surface area contributed by atoms with Gasteiger partial charge in [-0.25, -0.2) is 9.18 Å². The molecule has 0 heterocycles. The topological polar surface area (TPSA) is 46.5 Å². The quantitative estimate of drug-likeness (QED) is 0.674. The first-order valence-corrected chi connectivity index (χ1v) is 6.77. The van der Waals surface area contributed by atoms with E-state index in [1.807, 2.05) is 0 Å².